The molecular weight excluding hydrogens is 445 g/mol. The molecule has 1 atom stereocenters. The Labute approximate surface area is 195 Å². The van der Waals surface area contributed by atoms with Crippen LogP contribution in [0.25, 0.3) is 11.1 Å². The molecule has 1 fully saturated rings. The van der Waals surface area contributed by atoms with Crippen LogP contribution in [0.3, 0.4) is 0 Å². The van der Waals surface area contributed by atoms with Crippen molar-refractivity contribution in [1.82, 2.24) is 15.5 Å². The first-order valence-corrected chi connectivity index (χ1v) is 10.5. The second-order valence-electron chi connectivity index (χ2n) is 7.90. The Hall–Kier alpha value is -4.15. The van der Waals surface area contributed by atoms with Crippen molar-refractivity contribution in [2.24, 2.45) is 5.73 Å². The monoisotopic (exact) mass is 471 g/mol. The van der Waals surface area contributed by atoms with Crippen LogP contribution in [-0.2, 0) is 20.9 Å². The summed E-state index contributed by atoms with van der Waals surface area (Å²) in [6.07, 6.45) is -1.13. The van der Waals surface area contributed by atoms with Gasteiger partial charge in [-0.15, -0.1) is 0 Å². The maximum absolute atomic E-state index is 15.0. The summed E-state index contributed by atoms with van der Waals surface area (Å²) in [5.41, 5.74) is 7.07. The first-order valence-electron chi connectivity index (χ1n) is 10.5. The third-order valence-corrected chi connectivity index (χ3v) is 5.14. The van der Waals surface area contributed by atoms with Gasteiger partial charge in [0, 0.05) is 26.1 Å². The normalized spacial score (nSPS) is 15.0. The van der Waals surface area contributed by atoms with E-state index in [1.807, 2.05) is 0 Å². The lowest BCUT2D eigenvalue weighted by molar-refractivity contribution is -0.119. The zero-order valence-corrected chi connectivity index (χ0v) is 18.8. The van der Waals surface area contributed by atoms with Crippen LogP contribution in [0.15, 0.2) is 42.5 Å². The number of hydrogen-bond donors (Lipinski definition) is 3. The Kier molecular flexibility index (Phi) is 7.67. The number of hydrogen-bond acceptors (Lipinski definition) is 5. The number of nitrogens with zero attached hydrogens (tertiary/aromatic N) is 2. The van der Waals surface area contributed by atoms with Gasteiger partial charge in [0.1, 0.15) is 18.5 Å². The Morgan fingerprint density at radius 2 is 1.97 bits per heavy atom. The van der Waals surface area contributed by atoms with Crippen LogP contribution in [0.2, 0.25) is 0 Å². The predicted octanol–water partition coefficient (Wildman–Crippen LogP) is 1.58. The zero-order chi connectivity index (χ0) is 24.8. The minimum absolute atomic E-state index is 0.171. The van der Waals surface area contributed by atoms with Crippen molar-refractivity contribution >= 4 is 29.6 Å². The fraction of sp³-hybridized carbons (Fsp3) is 0.304. The number of benzene rings is 2. The van der Waals surface area contributed by atoms with Crippen LogP contribution in [0, 0.1) is 5.82 Å². The van der Waals surface area contributed by atoms with Crippen LogP contribution >= 0.6 is 0 Å². The molecular formula is C23H26FN5O5. The molecule has 3 rings (SSSR count). The Morgan fingerprint density at radius 1 is 1.21 bits per heavy atom. The van der Waals surface area contributed by atoms with E-state index >= 15 is 0 Å². The number of nitrogens with one attached hydrogen (secondary N) is 2. The van der Waals surface area contributed by atoms with Crippen molar-refractivity contribution in [2.45, 2.75) is 19.6 Å². The highest BCUT2D eigenvalue weighted by Crippen LogP contribution is 2.29. The van der Waals surface area contributed by atoms with Crippen molar-refractivity contribution in [3.63, 3.8) is 0 Å². The fourth-order valence-electron chi connectivity index (χ4n) is 3.47. The molecule has 0 radical (unpaired) electrons. The van der Waals surface area contributed by atoms with Crippen molar-refractivity contribution in [3.8, 4) is 11.1 Å². The van der Waals surface area contributed by atoms with E-state index in [9.17, 15) is 23.6 Å². The van der Waals surface area contributed by atoms with Crippen molar-refractivity contribution < 1.29 is 28.3 Å². The summed E-state index contributed by atoms with van der Waals surface area (Å²) in [6, 6.07) is 11.0. The summed E-state index contributed by atoms with van der Waals surface area (Å²) in [5, 5.41) is 5.26. The smallest absolute Gasteiger partial charge is 0.414 e. The molecule has 11 heteroatoms. The molecule has 0 bridgehead atoms. The Bertz CT molecular complexity index is 1110. The molecule has 10 nitrogen and oxygen atoms in total. The minimum atomic E-state index is -0.621. The number of carbonyl (C=O) groups is 4. The first kappa shape index (κ1) is 24.5. The number of halogens is 1. The second kappa shape index (κ2) is 10.6. The number of anilines is 1. The molecule has 1 heterocycles. The van der Waals surface area contributed by atoms with Crippen molar-refractivity contribution in [1.29, 1.82) is 0 Å². The van der Waals surface area contributed by atoms with Gasteiger partial charge in [0.2, 0.25) is 11.8 Å². The van der Waals surface area contributed by atoms with Gasteiger partial charge in [-0.3, -0.25) is 14.5 Å². The summed E-state index contributed by atoms with van der Waals surface area (Å²) >= 11 is 0. The van der Waals surface area contributed by atoms with Crippen LogP contribution in [0.1, 0.15) is 12.5 Å². The molecule has 2 aromatic carbocycles. The van der Waals surface area contributed by atoms with Gasteiger partial charge in [0.05, 0.1) is 18.8 Å². The molecule has 34 heavy (non-hydrogen) atoms. The molecule has 1 aliphatic heterocycles. The number of rotatable bonds is 8. The number of nitrogens with two attached hydrogens (primary N) is 1. The lowest BCUT2D eigenvalue weighted by Gasteiger charge is -2.16. The highest BCUT2D eigenvalue weighted by Gasteiger charge is 2.32. The average Bonchev–Trinajstić information content (AvgIpc) is 3.16. The second-order valence-corrected chi connectivity index (χ2v) is 7.90. The average molecular weight is 471 g/mol. The molecule has 4 N–H and O–H groups in total. The van der Waals surface area contributed by atoms with Gasteiger partial charge in [0.15, 0.2) is 0 Å². The number of carbonyl (C=O) groups excluding carboxylic acids is 4. The van der Waals surface area contributed by atoms with E-state index < -0.39 is 30.0 Å². The summed E-state index contributed by atoms with van der Waals surface area (Å²) in [7, 11) is 1.45. The first-order chi connectivity index (χ1) is 16.1. The van der Waals surface area contributed by atoms with E-state index in [0.29, 0.717) is 16.8 Å². The molecule has 0 saturated carbocycles. The maximum Gasteiger partial charge on any atom is 0.414 e. The maximum atomic E-state index is 15.0. The fourth-order valence-corrected chi connectivity index (χ4v) is 3.47. The van der Waals surface area contributed by atoms with E-state index in [-0.39, 0.29) is 32.1 Å². The number of ether oxygens (including phenoxy) is 1. The van der Waals surface area contributed by atoms with E-state index in [4.69, 9.17) is 10.5 Å². The predicted molar refractivity (Wildman–Crippen MR) is 122 cm³/mol. The van der Waals surface area contributed by atoms with Gasteiger partial charge in [-0.2, -0.15) is 0 Å². The molecule has 0 aromatic heterocycles. The number of primary amides is 1. The highest BCUT2D eigenvalue weighted by molar-refractivity contribution is 5.90. The number of amides is 5. The number of cyclic esters (lactones) is 1. The topological polar surface area (TPSA) is 134 Å². The van der Waals surface area contributed by atoms with Crippen molar-refractivity contribution in [3.05, 3.63) is 53.8 Å². The largest absolute Gasteiger partial charge is 0.442 e. The molecule has 0 spiro atoms. The van der Waals surface area contributed by atoms with Crippen LogP contribution in [0.4, 0.5) is 19.7 Å². The molecule has 0 aliphatic carbocycles. The van der Waals surface area contributed by atoms with Crippen LogP contribution in [0.5, 0.6) is 0 Å². The van der Waals surface area contributed by atoms with Crippen LogP contribution < -0.4 is 21.3 Å². The van der Waals surface area contributed by atoms with E-state index in [2.05, 4.69) is 10.6 Å². The quantitative estimate of drug-likeness (QED) is 0.538. The summed E-state index contributed by atoms with van der Waals surface area (Å²) in [5.74, 6) is -1.38. The Balaban J connectivity index is 1.68. The molecule has 2 aromatic rings. The minimum Gasteiger partial charge on any atom is -0.442 e. The van der Waals surface area contributed by atoms with Crippen LogP contribution in [-0.4, -0.2) is 61.6 Å². The molecule has 1 saturated heterocycles. The SMILES string of the molecule is CC(=O)NC[C@H]1CN(c2ccc(-c3cccc(CNC(=O)N(C)CC(N)=O)c3)c(F)c2)C(=O)O1. The molecule has 0 unspecified atom stereocenters. The summed E-state index contributed by atoms with van der Waals surface area (Å²) < 4.78 is 20.2. The molecule has 180 valence electrons. The van der Waals surface area contributed by atoms with Gasteiger partial charge < -0.3 is 26.0 Å². The highest BCUT2D eigenvalue weighted by atomic mass is 19.1. The van der Waals surface area contributed by atoms with Gasteiger partial charge >= 0.3 is 12.1 Å². The standard InChI is InChI=1S/C23H26FN5O5/c1-14(30)26-11-18-12-29(23(33)34-18)17-6-7-19(20(24)9-17)16-5-3-4-15(8-16)10-27-22(32)28(2)13-21(25)31/h3-9,18H,10-13H2,1-2H3,(H2,25,31)(H,26,30)(H,27,32)/t18-/m0/s1. The van der Waals surface area contributed by atoms with Crippen molar-refractivity contribution in [2.75, 3.05) is 31.6 Å². The number of urea groups is 1. The zero-order valence-electron chi connectivity index (χ0n) is 18.8. The summed E-state index contributed by atoms with van der Waals surface area (Å²) in [4.78, 5) is 48.7. The van der Waals surface area contributed by atoms with E-state index in [1.165, 1.54) is 24.9 Å². The van der Waals surface area contributed by atoms with E-state index in [0.717, 1.165) is 10.5 Å². The number of likely N-dealkylation sites (N-methyl/N-ethyl adjacent to an activating group) is 1. The third kappa shape index (κ3) is 6.21. The van der Waals surface area contributed by atoms with E-state index in [1.54, 1.807) is 36.4 Å². The van der Waals surface area contributed by atoms with Gasteiger partial charge in [0.25, 0.3) is 0 Å². The molecule has 1 aliphatic rings. The van der Waals surface area contributed by atoms with Gasteiger partial charge in [-0.1, -0.05) is 18.2 Å². The summed E-state index contributed by atoms with van der Waals surface area (Å²) in [6.45, 7) is 1.71. The van der Waals surface area contributed by atoms with Gasteiger partial charge in [-0.25, -0.2) is 14.0 Å². The Morgan fingerprint density at radius 3 is 2.65 bits per heavy atom. The lowest BCUT2D eigenvalue weighted by Crippen LogP contribution is -2.41. The van der Waals surface area contributed by atoms with Gasteiger partial charge in [-0.05, 0) is 35.4 Å². The lowest BCUT2D eigenvalue weighted by atomic mass is 10.0. The molecule has 5 amide bonds. The third-order valence-electron chi connectivity index (χ3n) is 5.14.